The van der Waals surface area contributed by atoms with Crippen LogP contribution < -0.4 is 0 Å². The van der Waals surface area contributed by atoms with Crippen molar-refractivity contribution in [3.05, 3.63) is 34.9 Å². The molecule has 0 unspecified atom stereocenters. The van der Waals surface area contributed by atoms with Crippen LogP contribution in [0.4, 0.5) is 0 Å². The zero-order chi connectivity index (χ0) is 16.9. The molecule has 0 saturated carbocycles. The van der Waals surface area contributed by atoms with E-state index in [9.17, 15) is 9.59 Å². The average Bonchev–Trinajstić information content (AvgIpc) is 2.64. The molecular weight excluding hydrogens is 328 g/mol. The second kappa shape index (κ2) is 7.99. The Morgan fingerprint density at radius 3 is 2.38 bits per heavy atom. The number of halogens is 1. The van der Waals surface area contributed by atoms with Crippen LogP contribution in [0, 0.1) is 5.92 Å². The van der Waals surface area contributed by atoms with Gasteiger partial charge in [-0.3, -0.25) is 9.59 Å². The van der Waals surface area contributed by atoms with Gasteiger partial charge in [-0.05, 0) is 24.5 Å². The van der Waals surface area contributed by atoms with E-state index in [1.54, 1.807) is 6.07 Å². The third-order valence-corrected chi connectivity index (χ3v) is 5.19. The van der Waals surface area contributed by atoms with Crippen molar-refractivity contribution < 1.29 is 14.3 Å². The number of carbonyl (C=O) groups is 2. The van der Waals surface area contributed by atoms with Gasteiger partial charge in [0.25, 0.3) is 0 Å². The first kappa shape index (κ1) is 17.2. The first-order chi connectivity index (χ1) is 11.6. The van der Waals surface area contributed by atoms with E-state index >= 15 is 0 Å². The highest BCUT2D eigenvalue weighted by Gasteiger charge is 2.30. The van der Waals surface area contributed by atoms with Gasteiger partial charge in [-0.25, -0.2) is 0 Å². The molecule has 0 N–H and O–H groups in total. The van der Waals surface area contributed by atoms with Gasteiger partial charge in [0.2, 0.25) is 11.8 Å². The largest absolute Gasteiger partial charge is 0.378 e. The van der Waals surface area contributed by atoms with Crippen molar-refractivity contribution in [3.63, 3.8) is 0 Å². The van der Waals surface area contributed by atoms with Crippen molar-refractivity contribution in [1.29, 1.82) is 0 Å². The van der Waals surface area contributed by atoms with Crippen LogP contribution in [0.5, 0.6) is 0 Å². The maximum Gasteiger partial charge on any atom is 0.227 e. The summed E-state index contributed by atoms with van der Waals surface area (Å²) in [5, 5.41) is 0.628. The summed E-state index contributed by atoms with van der Waals surface area (Å²) >= 11 is 6.13. The van der Waals surface area contributed by atoms with Crippen LogP contribution in [0.2, 0.25) is 5.02 Å². The number of amides is 2. The maximum atomic E-state index is 12.5. The Morgan fingerprint density at radius 2 is 1.71 bits per heavy atom. The quantitative estimate of drug-likeness (QED) is 0.837. The molecule has 0 radical (unpaired) electrons. The number of benzene rings is 1. The Labute approximate surface area is 147 Å². The molecule has 0 spiro atoms. The molecular formula is C18H23ClN2O3. The highest BCUT2D eigenvalue weighted by atomic mass is 35.5. The minimum Gasteiger partial charge on any atom is -0.378 e. The highest BCUT2D eigenvalue weighted by Crippen LogP contribution is 2.22. The number of ether oxygens (including phenoxy) is 1. The SMILES string of the molecule is O=C(Cc1ccccc1Cl)N1CCC(C(=O)N2CCOCC2)CC1. The molecule has 2 fully saturated rings. The molecule has 0 aromatic heterocycles. The van der Waals surface area contributed by atoms with Crippen molar-refractivity contribution in [3.8, 4) is 0 Å². The van der Waals surface area contributed by atoms with Crippen molar-refractivity contribution in [2.75, 3.05) is 39.4 Å². The van der Waals surface area contributed by atoms with Gasteiger partial charge in [0.05, 0.1) is 19.6 Å². The van der Waals surface area contributed by atoms with E-state index in [2.05, 4.69) is 0 Å². The number of carbonyl (C=O) groups excluding carboxylic acids is 2. The van der Waals surface area contributed by atoms with Crippen LogP contribution in [0.3, 0.4) is 0 Å². The van der Waals surface area contributed by atoms with Crippen LogP contribution in [0.25, 0.3) is 0 Å². The second-order valence-electron chi connectivity index (χ2n) is 6.36. The molecule has 2 aliphatic rings. The lowest BCUT2D eigenvalue weighted by molar-refractivity contribution is -0.143. The van der Waals surface area contributed by atoms with Crippen LogP contribution in [0.1, 0.15) is 18.4 Å². The molecule has 3 rings (SSSR count). The Hall–Kier alpha value is -1.59. The second-order valence-corrected chi connectivity index (χ2v) is 6.77. The Bertz CT molecular complexity index is 594. The first-order valence-electron chi connectivity index (χ1n) is 8.53. The van der Waals surface area contributed by atoms with Gasteiger partial charge in [0.15, 0.2) is 0 Å². The van der Waals surface area contributed by atoms with E-state index < -0.39 is 0 Å². The maximum absolute atomic E-state index is 12.5. The Kier molecular flexibility index (Phi) is 5.74. The minimum atomic E-state index is 0.0347. The van der Waals surface area contributed by atoms with Gasteiger partial charge < -0.3 is 14.5 Å². The molecule has 2 heterocycles. The third kappa shape index (κ3) is 4.08. The summed E-state index contributed by atoms with van der Waals surface area (Å²) in [6.07, 6.45) is 1.80. The molecule has 5 nitrogen and oxygen atoms in total. The van der Waals surface area contributed by atoms with E-state index in [0.717, 1.165) is 18.4 Å². The fraction of sp³-hybridized carbons (Fsp3) is 0.556. The van der Waals surface area contributed by atoms with Crippen LogP contribution in [-0.2, 0) is 20.7 Å². The predicted molar refractivity (Wildman–Crippen MR) is 91.9 cm³/mol. The normalized spacial score (nSPS) is 19.4. The molecule has 2 aliphatic heterocycles. The van der Waals surface area contributed by atoms with Crippen LogP contribution >= 0.6 is 11.6 Å². The minimum absolute atomic E-state index is 0.0347. The summed E-state index contributed by atoms with van der Waals surface area (Å²) in [5.74, 6) is 0.337. The number of hydrogen-bond acceptors (Lipinski definition) is 3. The lowest BCUT2D eigenvalue weighted by atomic mass is 9.94. The average molecular weight is 351 g/mol. The lowest BCUT2D eigenvalue weighted by Gasteiger charge is -2.35. The van der Waals surface area contributed by atoms with E-state index in [0.29, 0.717) is 50.8 Å². The highest BCUT2D eigenvalue weighted by molar-refractivity contribution is 6.31. The fourth-order valence-electron chi connectivity index (χ4n) is 3.33. The number of hydrogen-bond donors (Lipinski definition) is 0. The van der Waals surface area contributed by atoms with Gasteiger partial charge in [0, 0.05) is 37.1 Å². The van der Waals surface area contributed by atoms with Gasteiger partial charge in [0.1, 0.15) is 0 Å². The Morgan fingerprint density at radius 1 is 1.04 bits per heavy atom. The van der Waals surface area contributed by atoms with Gasteiger partial charge in [-0.2, -0.15) is 0 Å². The monoisotopic (exact) mass is 350 g/mol. The fourth-order valence-corrected chi connectivity index (χ4v) is 3.54. The molecule has 0 bridgehead atoms. The topological polar surface area (TPSA) is 49.9 Å². The summed E-state index contributed by atoms with van der Waals surface area (Å²) in [6, 6.07) is 7.44. The number of rotatable bonds is 3. The molecule has 6 heteroatoms. The van der Waals surface area contributed by atoms with Crippen molar-refractivity contribution in [2.45, 2.75) is 19.3 Å². The van der Waals surface area contributed by atoms with Crippen LogP contribution in [-0.4, -0.2) is 61.0 Å². The number of likely N-dealkylation sites (tertiary alicyclic amines) is 1. The van der Waals surface area contributed by atoms with Crippen LogP contribution in [0.15, 0.2) is 24.3 Å². The summed E-state index contributed by atoms with van der Waals surface area (Å²) in [7, 11) is 0. The van der Waals surface area contributed by atoms with E-state index in [1.807, 2.05) is 28.0 Å². The summed E-state index contributed by atoms with van der Waals surface area (Å²) < 4.78 is 5.29. The van der Waals surface area contributed by atoms with Gasteiger partial charge >= 0.3 is 0 Å². The van der Waals surface area contributed by atoms with Crippen molar-refractivity contribution in [1.82, 2.24) is 9.80 Å². The van der Waals surface area contributed by atoms with E-state index in [4.69, 9.17) is 16.3 Å². The van der Waals surface area contributed by atoms with E-state index in [-0.39, 0.29) is 17.7 Å². The first-order valence-corrected chi connectivity index (χ1v) is 8.90. The number of piperidine rings is 1. The molecule has 0 aliphatic carbocycles. The third-order valence-electron chi connectivity index (χ3n) is 4.82. The Balaban J connectivity index is 1.50. The van der Waals surface area contributed by atoms with E-state index in [1.165, 1.54) is 0 Å². The van der Waals surface area contributed by atoms with Crippen molar-refractivity contribution in [2.24, 2.45) is 5.92 Å². The molecule has 24 heavy (non-hydrogen) atoms. The number of morpholine rings is 1. The predicted octanol–water partition coefficient (Wildman–Crippen LogP) is 1.98. The summed E-state index contributed by atoms with van der Waals surface area (Å²) in [4.78, 5) is 28.7. The number of nitrogens with zero attached hydrogens (tertiary/aromatic N) is 2. The molecule has 1 aromatic rings. The molecule has 130 valence electrons. The standard InChI is InChI=1S/C18H23ClN2O3/c19-16-4-2-1-3-15(16)13-17(22)20-7-5-14(6-8-20)18(23)21-9-11-24-12-10-21/h1-4,14H,5-13H2. The summed E-state index contributed by atoms with van der Waals surface area (Å²) in [6.45, 7) is 3.91. The van der Waals surface area contributed by atoms with Gasteiger partial charge in [-0.1, -0.05) is 29.8 Å². The van der Waals surface area contributed by atoms with Gasteiger partial charge in [-0.15, -0.1) is 0 Å². The molecule has 0 atom stereocenters. The molecule has 1 aromatic carbocycles. The van der Waals surface area contributed by atoms with Crippen molar-refractivity contribution >= 4 is 23.4 Å². The zero-order valence-electron chi connectivity index (χ0n) is 13.7. The molecule has 2 amide bonds. The smallest absolute Gasteiger partial charge is 0.227 e. The molecule has 2 saturated heterocycles. The lowest BCUT2D eigenvalue weighted by Crippen LogP contribution is -2.47. The summed E-state index contributed by atoms with van der Waals surface area (Å²) in [5.41, 5.74) is 0.857. The zero-order valence-corrected chi connectivity index (χ0v) is 14.5.